The minimum atomic E-state index is -3.49. The predicted molar refractivity (Wildman–Crippen MR) is 113 cm³/mol. The van der Waals surface area contributed by atoms with Gasteiger partial charge in [-0.2, -0.15) is 0 Å². The van der Waals surface area contributed by atoms with E-state index in [-0.39, 0.29) is 17.8 Å². The van der Waals surface area contributed by atoms with Gasteiger partial charge in [0.2, 0.25) is 10.0 Å². The molecule has 0 aliphatic rings. The second-order valence-electron chi connectivity index (χ2n) is 6.36. The van der Waals surface area contributed by atoms with Crippen LogP contribution in [-0.4, -0.2) is 25.6 Å². The zero-order valence-electron chi connectivity index (χ0n) is 15.4. The predicted octanol–water partition coefficient (Wildman–Crippen LogP) is 3.86. The molecule has 0 aliphatic carbocycles. The van der Waals surface area contributed by atoms with Crippen molar-refractivity contribution in [2.45, 2.75) is 6.54 Å². The molecular formula is C20H17N3O4S2. The molecule has 0 atom stereocenters. The summed E-state index contributed by atoms with van der Waals surface area (Å²) in [5.41, 5.74) is 1.37. The number of hydrogen-bond donors (Lipinski definition) is 2. The first-order chi connectivity index (χ1) is 13.9. The van der Waals surface area contributed by atoms with Gasteiger partial charge in [-0.3, -0.25) is 9.52 Å². The molecule has 2 aromatic heterocycles. The van der Waals surface area contributed by atoms with Gasteiger partial charge in [-0.05, 0) is 36.4 Å². The van der Waals surface area contributed by atoms with Crippen LogP contribution >= 0.6 is 11.3 Å². The monoisotopic (exact) mass is 427 g/mol. The molecule has 0 fully saturated rings. The first-order valence-corrected chi connectivity index (χ1v) is 11.4. The number of sulfonamides is 1. The number of nitrogens with zero attached hydrogens (tertiary/aromatic N) is 1. The maximum absolute atomic E-state index is 12.5. The first-order valence-electron chi connectivity index (χ1n) is 8.69. The second kappa shape index (κ2) is 7.69. The molecule has 0 unspecified atom stereocenters. The zero-order chi connectivity index (χ0) is 20.4. The van der Waals surface area contributed by atoms with Crippen LogP contribution in [0.25, 0.3) is 21.0 Å². The smallest absolute Gasteiger partial charge is 0.253 e. The highest BCUT2D eigenvalue weighted by atomic mass is 32.2. The first kappa shape index (κ1) is 19.2. The second-order valence-corrected chi connectivity index (χ2v) is 9.13. The molecule has 7 nitrogen and oxygen atoms in total. The van der Waals surface area contributed by atoms with Crippen molar-refractivity contribution in [1.29, 1.82) is 0 Å². The number of rotatable bonds is 6. The van der Waals surface area contributed by atoms with Crippen molar-refractivity contribution in [3.63, 3.8) is 0 Å². The van der Waals surface area contributed by atoms with Crippen molar-refractivity contribution in [3.8, 4) is 10.8 Å². The number of anilines is 1. The lowest BCUT2D eigenvalue weighted by Crippen LogP contribution is -2.24. The Morgan fingerprint density at radius 2 is 1.83 bits per heavy atom. The Labute approximate surface area is 171 Å². The molecule has 1 amide bonds. The number of benzene rings is 2. The number of para-hydroxylation sites is 2. The van der Waals surface area contributed by atoms with Crippen LogP contribution < -0.4 is 10.0 Å². The van der Waals surface area contributed by atoms with E-state index in [1.165, 1.54) is 17.4 Å². The Bertz CT molecular complexity index is 1260. The highest BCUT2D eigenvalue weighted by Crippen LogP contribution is 2.31. The van der Waals surface area contributed by atoms with Gasteiger partial charge in [0.15, 0.2) is 10.8 Å². The molecule has 0 radical (unpaired) electrons. The Morgan fingerprint density at radius 3 is 2.62 bits per heavy atom. The zero-order valence-corrected chi connectivity index (χ0v) is 17.0. The van der Waals surface area contributed by atoms with E-state index in [1.807, 2.05) is 30.3 Å². The molecule has 0 aliphatic heterocycles. The molecule has 148 valence electrons. The van der Waals surface area contributed by atoms with Gasteiger partial charge in [0, 0.05) is 0 Å². The van der Waals surface area contributed by atoms with Crippen molar-refractivity contribution in [3.05, 3.63) is 72.0 Å². The standard InChI is InChI=1S/C20H17N3O4S2/c1-29(25,26)23-15-7-3-2-6-14(15)19(24)21-12-13-10-11-17(27-13)20-22-16-8-4-5-9-18(16)28-20/h2-11,23H,12H2,1H3,(H,21,24). The van der Waals surface area contributed by atoms with Crippen LogP contribution in [-0.2, 0) is 16.6 Å². The van der Waals surface area contributed by atoms with Crippen LogP contribution in [0.4, 0.5) is 5.69 Å². The lowest BCUT2D eigenvalue weighted by molar-refractivity contribution is 0.0949. The number of fused-ring (bicyclic) bond motifs is 1. The molecule has 2 aromatic carbocycles. The summed E-state index contributed by atoms with van der Waals surface area (Å²) in [7, 11) is -3.49. The van der Waals surface area contributed by atoms with Crippen LogP contribution in [0.1, 0.15) is 16.1 Å². The van der Waals surface area contributed by atoms with E-state index >= 15 is 0 Å². The van der Waals surface area contributed by atoms with Gasteiger partial charge in [0.05, 0.1) is 34.3 Å². The van der Waals surface area contributed by atoms with Crippen molar-refractivity contribution >= 4 is 43.2 Å². The third-order valence-corrected chi connectivity index (χ3v) is 5.70. The van der Waals surface area contributed by atoms with Crippen LogP contribution in [0.2, 0.25) is 0 Å². The van der Waals surface area contributed by atoms with Gasteiger partial charge < -0.3 is 9.73 Å². The normalized spacial score (nSPS) is 11.5. The molecule has 2 N–H and O–H groups in total. The molecule has 0 saturated carbocycles. The number of furan rings is 1. The SMILES string of the molecule is CS(=O)(=O)Nc1ccccc1C(=O)NCc1ccc(-c2nc3ccccc3s2)o1. The Balaban J connectivity index is 1.47. The number of thiazole rings is 1. The number of carbonyl (C=O) groups excluding carboxylic acids is 1. The minimum Gasteiger partial charge on any atom is -0.457 e. The number of hydrogen-bond acceptors (Lipinski definition) is 6. The maximum Gasteiger partial charge on any atom is 0.253 e. The van der Waals surface area contributed by atoms with E-state index in [1.54, 1.807) is 24.3 Å². The van der Waals surface area contributed by atoms with E-state index in [2.05, 4.69) is 15.0 Å². The summed E-state index contributed by atoms with van der Waals surface area (Å²) in [6.07, 6.45) is 1.04. The van der Waals surface area contributed by atoms with Crippen molar-refractivity contribution < 1.29 is 17.6 Å². The van der Waals surface area contributed by atoms with E-state index < -0.39 is 15.9 Å². The fourth-order valence-corrected chi connectivity index (χ4v) is 4.30. The fourth-order valence-electron chi connectivity index (χ4n) is 2.80. The van der Waals surface area contributed by atoms with Gasteiger partial charge in [0.25, 0.3) is 5.91 Å². The maximum atomic E-state index is 12.5. The molecule has 29 heavy (non-hydrogen) atoms. The summed E-state index contributed by atoms with van der Waals surface area (Å²) in [6, 6.07) is 17.9. The van der Waals surface area contributed by atoms with Crippen LogP contribution in [0, 0.1) is 0 Å². The fraction of sp³-hybridized carbons (Fsp3) is 0.100. The Hall–Kier alpha value is -3.17. The number of carbonyl (C=O) groups is 1. The lowest BCUT2D eigenvalue weighted by Gasteiger charge is -2.10. The highest BCUT2D eigenvalue weighted by Gasteiger charge is 2.15. The van der Waals surface area contributed by atoms with Gasteiger partial charge >= 0.3 is 0 Å². The molecule has 0 spiro atoms. The summed E-state index contributed by atoms with van der Waals surface area (Å²) >= 11 is 1.53. The summed E-state index contributed by atoms with van der Waals surface area (Å²) < 4.78 is 32.2. The highest BCUT2D eigenvalue weighted by molar-refractivity contribution is 7.92. The van der Waals surface area contributed by atoms with Crippen molar-refractivity contribution in [1.82, 2.24) is 10.3 Å². The number of nitrogens with one attached hydrogen (secondary N) is 2. The van der Waals surface area contributed by atoms with Gasteiger partial charge in [-0.15, -0.1) is 11.3 Å². The third-order valence-electron chi connectivity index (χ3n) is 4.06. The van der Waals surface area contributed by atoms with Crippen molar-refractivity contribution in [2.75, 3.05) is 11.0 Å². The largest absolute Gasteiger partial charge is 0.457 e. The van der Waals surface area contributed by atoms with Crippen molar-refractivity contribution in [2.24, 2.45) is 0 Å². The molecule has 2 heterocycles. The molecular weight excluding hydrogens is 410 g/mol. The molecule has 9 heteroatoms. The van der Waals surface area contributed by atoms with Crippen LogP contribution in [0.5, 0.6) is 0 Å². The van der Waals surface area contributed by atoms with Crippen LogP contribution in [0.15, 0.2) is 65.1 Å². The average Bonchev–Trinajstić information content (AvgIpc) is 3.32. The van der Waals surface area contributed by atoms with Gasteiger partial charge in [-0.25, -0.2) is 13.4 Å². The van der Waals surface area contributed by atoms with Gasteiger partial charge in [-0.1, -0.05) is 24.3 Å². The average molecular weight is 428 g/mol. The molecule has 4 aromatic rings. The van der Waals surface area contributed by atoms with E-state index in [0.717, 1.165) is 21.5 Å². The topological polar surface area (TPSA) is 101 Å². The number of amides is 1. The summed E-state index contributed by atoms with van der Waals surface area (Å²) in [6.45, 7) is 0.164. The summed E-state index contributed by atoms with van der Waals surface area (Å²) in [4.78, 5) is 17.1. The Morgan fingerprint density at radius 1 is 1.07 bits per heavy atom. The van der Waals surface area contributed by atoms with E-state index in [0.29, 0.717) is 11.5 Å². The quantitative estimate of drug-likeness (QED) is 0.487. The molecule has 4 rings (SSSR count). The molecule has 0 bridgehead atoms. The molecule has 0 saturated heterocycles. The number of aromatic nitrogens is 1. The van der Waals surface area contributed by atoms with Crippen LogP contribution in [0.3, 0.4) is 0 Å². The minimum absolute atomic E-state index is 0.164. The summed E-state index contributed by atoms with van der Waals surface area (Å²) in [5.74, 6) is 0.797. The van der Waals surface area contributed by atoms with E-state index in [9.17, 15) is 13.2 Å². The third kappa shape index (κ3) is 4.47. The Kier molecular flexibility index (Phi) is 5.08. The van der Waals surface area contributed by atoms with Gasteiger partial charge in [0.1, 0.15) is 5.76 Å². The van der Waals surface area contributed by atoms with E-state index in [4.69, 9.17) is 4.42 Å². The summed E-state index contributed by atoms with van der Waals surface area (Å²) in [5, 5.41) is 3.52. The lowest BCUT2D eigenvalue weighted by atomic mass is 10.1.